The van der Waals surface area contributed by atoms with E-state index in [4.69, 9.17) is 21.3 Å². The predicted octanol–water partition coefficient (Wildman–Crippen LogP) is 3.47. The van der Waals surface area contributed by atoms with Gasteiger partial charge < -0.3 is 9.64 Å². The normalized spacial score (nSPS) is 20.6. The van der Waals surface area contributed by atoms with Gasteiger partial charge in [-0.1, -0.05) is 30.3 Å². The van der Waals surface area contributed by atoms with Crippen LogP contribution in [-0.4, -0.2) is 46.5 Å². The van der Waals surface area contributed by atoms with E-state index in [2.05, 4.69) is 14.9 Å². The van der Waals surface area contributed by atoms with E-state index in [0.717, 1.165) is 49.7 Å². The molecule has 2 aliphatic heterocycles. The second-order valence-electron chi connectivity index (χ2n) is 5.96. The van der Waals surface area contributed by atoms with Gasteiger partial charge >= 0.3 is 0 Å². The molecule has 0 amide bonds. The summed E-state index contributed by atoms with van der Waals surface area (Å²) in [5.74, 6) is 1.05. The molecule has 0 radical (unpaired) electrons. The van der Waals surface area contributed by atoms with Gasteiger partial charge in [-0.15, -0.1) is 0 Å². The van der Waals surface area contributed by atoms with Gasteiger partial charge in [-0.05, 0) is 25.0 Å². The molecule has 0 spiro atoms. The number of anilines is 1. The lowest BCUT2D eigenvalue weighted by Gasteiger charge is -2.29. The second-order valence-corrected chi connectivity index (χ2v) is 7.55. The molecule has 1 atom stereocenters. The summed E-state index contributed by atoms with van der Waals surface area (Å²) in [5.41, 5.74) is 1.07. The molecule has 5 nitrogen and oxygen atoms in total. The highest BCUT2D eigenvalue weighted by molar-refractivity contribution is 7.99. The van der Waals surface area contributed by atoms with Gasteiger partial charge in [-0.3, -0.25) is 0 Å². The summed E-state index contributed by atoms with van der Waals surface area (Å²) >= 11 is 7.52. The molecular formula is C16H18ClFN4OS. The molecule has 1 saturated heterocycles. The summed E-state index contributed by atoms with van der Waals surface area (Å²) < 4.78 is 20.4. The number of ether oxygens (including phenoxy) is 1. The number of aromatic nitrogens is 3. The number of hydrogen-bond acceptors (Lipinski definition) is 6. The number of aryl methyl sites for hydroxylation is 1. The molecule has 0 N–H and O–H groups in total. The van der Waals surface area contributed by atoms with Crippen LogP contribution in [0.25, 0.3) is 10.9 Å². The van der Waals surface area contributed by atoms with E-state index in [0.29, 0.717) is 17.1 Å². The maximum absolute atomic E-state index is 14.6. The van der Waals surface area contributed by atoms with Crippen molar-refractivity contribution in [1.82, 2.24) is 15.0 Å². The summed E-state index contributed by atoms with van der Waals surface area (Å²) in [6, 6.07) is 0.223. The molecule has 2 aromatic heterocycles. The zero-order valence-electron chi connectivity index (χ0n) is 13.4. The minimum Gasteiger partial charge on any atom is -0.379 e. The van der Waals surface area contributed by atoms with Gasteiger partial charge in [-0.2, -0.15) is 0 Å². The smallest absolute Gasteiger partial charge is 0.190 e. The number of hydrogen-bond donors (Lipinski definition) is 0. The van der Waals surface area contributed by atoms with Crippen LogP contribution in [0.15, 0.2) is 5.16 Å². The molecule has 4 rings (SSSR count). The largest absolute Gasteiger partial charge is 0.379 e. The highest BCUT2D eigenvalue weighted by atomic mass is 35.5. The van der Waals surface area contributed by atoms with Gasteiger partial charge in [0.15, 0.2) is 16.1 Å². The van der Waals surface area contributed by atoms with Crippen molar-refractivity contribution in [2.45, 2.75) is 37.4 Å². The van der Waals surface area contributed by atoms with E-state index >= 15 is 0 Å². The monoisotopic (exact) mass is 368 g/mol. The Morgan fingerprint density at radius 2 is 2.25 bits per heavy atom. The van der Waals surface area contributed by atoms with Crippen molar-refractivity contribution in [1.29, 1.82) is 0 Å². The first-order valence-corrected chi connectivity index (χ1v) is 9.58. The van der Waals surface area contributed by atoms with Crippen LogP contribution in [0, 0.1) is 5.82 Å². The lowest BCUT2D eigenvalue weighted by molar-refractivity contribution is 0.132. The number of pyridine rings is 1. The van der Waals surface area contributed by atoms with E-state index in [1.54, 1.807) is 0 Å². The highest BCUT2D eigenvalue weighted by Gasteiger charge is 2.31. The maximum Gasteiger partial charge on any atom is 0.190 e. The molecule has 0 aliphatic carbocycles. The van der Waals surface area contributed by atoms with E-state index in [1.807, 2.05) is 6.92 Å². The SMILES string of the molecule is CCSc1nc2c3c(nc(Cl)c(F)c3n1)CC[C@H]1COCCCN21. The zero-order chi connectivity index (χ0) is 16.7. The van der Waals surface area contributed by atoms with Crippen molar-refractivity contribution >= 4 is 40.1 Å². The molecule has 0 bridgehead atoms. The molecule has 1 fully saturated rings. The third-order valence-electron chi connectivity index (χ3n) is 4.48. The van der Waals surface area contributed by atoms with Crippen molar-refractivity contribution in [3.8, 4) is 0 Å². The molecule has 24 heavy (non-hydrogen) atoms. The van der Waals surface area contributed by atoms with Gasteiger partial charge in [0.2, 0.25) is 0 Å². The fourth-order valence-electron chi connectivity index (χ4n) is 3.41. The van der Waals surface area contributed by atoms with Crippen molar-refractivity contribution in [2.75, 3.05) is 30.4 Å². The first-order valence-electron chi connectivity index (χ1n) is 8.21. The molecule has 2 aliphatic rings. The molecular weight excluding hydrogens is 351 g/mol. The van der Waals surface area contributed by atoms with E-state index in [1.165, 1.54) is 11.8 Å². The van der Waals surface area contributed by atoms with Crippen LogP contribution in [-0.2, 0) is 11.2 Å². The van der Waals surface area contributed by atoms with E-state index in [-0.39, 0.29) is 16.7 Å². The van der Waals surface area contributed by atoms with Crippen molar-refractivity contribution in [2.24, 2.45) is 0 Å². The molecule has 8 heteroatoms. The predicted molar refractivity (Wildman–Crippen MR) is 93.6 cm³/mol. The summed E-state index contributed by atoms with van der Waals surface area (Å²) in [6.45, 7) is 4.28. The third kappa shape index (κ3) is 2.72. The van der Waals surface area contributed by atoms with Gasteiger partial charge in [0.05, 0.1) is 23.7 Å². The molecule has 128 valence electrons. The van der Waals surface area contributed by atoms with Crippen LogP contribution in [0.2, 0.25) is 5.15 Å². The summed E-state index contributed by atoms with van der Waals surface area (Å²) in [7, 11) is 0. The Balaban J connectivity index is 1.99. The summed E-state index contributed by atoms with van der Waals surface area (Å²) in [4.78, 5) is 15.7. The first-order chi connectivity index (χ1) is 11.7. The lowest BCUT2D eigenvalue weighted by Crippen LogP contribution is -2.37. The second kappa shape index (κ2) is 6.61. The van der Waals surface area contributed by atoms with Crippen LogP contribution >= 0.6 is 23.4 Å². The Morgan fingerprint density at radius 3 is 3.08 bits per heavy atom. The number of rotatable bonds is 2. The van der Waals surface area contributed by atoms with Crippen LogP contribution < -0.4 is 4.90 Å². The van der Waals surface area contributed by atoms with Crippen LogP contribution in [0.5, 0.6) is 0 Å². The fraction of sp³-hybridized carbons (Fsp3) is 0.562. The molecule has 0 aromatic carbocycles. The van der Waals surface area contributed by atoms with Crippen LogP contribution in [0.3, 0.4) is 0 Å². The highest BCUT2D eigenvalue weighted by Crippen LogP contribution is 2.37. The quantitative estimate of drug-likeness (QED) is 0.459. The minimum absolute atomic E-state index is 0.108. The fourth-order valence-corrected chi connectivity index (χ4v) is 4.16. The first kappa shape index (κ1) is 16.3. The van der Waals surface area contributed by atoms with Gasteiger partial charge in [-0.25, -0.2) is 19.3 Å². The van der Waals surface area contributed by atoms with E-state index in [9.17, 15) is 4.39 Å². The van der Waals surface area contributed by atoms with Crippen molar-refractivity contribution in [3.63, 3.8) is 0 Å². The Morgan fingerprint density at radius 1 is 1.38 bits per heavy atom. The summed E-state index contributed by atoms with van der Waals surface area (Å²) in [5, 5.41) is 1.18. The number of thioether (sulfide) groups is 1. The topological polar surface area (TPSA) is 51.1 Å². The van der Waals surface area contributed by atoms with Crippen LogP contribution in [0.1, 0.15) is 25.5 Å². The van der Waals surface area contributed by atoms with Gasteiger partial charge in [0.25, 0.3) is 0 Å². The number of halogens is 2. The molecule has 0 unspecified atom stereocenters. The maximum atomic E-state index is 14.6. The zero-order valence-corrected chi connectivity index (χ0v) is 15.0. The lowest BCUT2D eigenvalue weighted by atomic mass is 10.1. The van der Waals surface area contributed by atoms with Crippen LogP contribution in [0.4, 0.5) is 10.2 Å². The average molecular weight is 369 g/mol. The Hall–Kier alpha value is -1.18. The Bertz CT molecular complexity index is 790. The molecule has 0 saturated carbocycles. The Kier molecular flexibility index (Phi) is 4.49. The van der Waals surface area contributed by atoms with E-state index < -0.39 is 5.82 Å². The number of fused-ring (bicyclic) bond motifs is 2. The van der Waals surface area contributed by atoms with Gasteiger partial charge in [0, 0.05) is 13.2 Å². The third-order valence-corrected chi connectivity index (χ3v) is 5.46. The average Bonchev–Trinajstić information content (AvgIpc) is 2.88. The van der Waals surface area contributed by atoms with Crippen molar-refractivity contribution in [3.05, 3.63) is 16.7 Å². The van der Waals surface area contributed by atoms with Crippen molar-refractivity contribution < 1.29 is 9.13 Å². The standard InChI is InChI=1S/C16H18ClFN4OS/c1-2-24-16-20-13-11-10(19-14(17)12(13)18)5-4-9-8-23-7-3-6-22(9)15(11)21-16/h9H,2-8H2,1H3/t9-/m0/s1. The summed E-state index contributed by atoms with van der Waals surface area (Å²) in [6.07, 6.45) is 2.53. The Labute approximate surface area is 149 Å². The van der Waals surface area contributed by atoms with Gasteiger partial charge in [0.1, 0.15) is 11.3 Å². The minimum atomic E-state index is -0.554. The molecule has 4 heterocycles. The molecule has 2 aromatic rings. The number of nitrogens with zero attached hydrogens (tertiary/aromatic N) is 4.